The van der Waals surface area contributed by atoms with Crippen LogP contribution in [0.4, 0.5) is 0 Å². The summed E-state index contributed by atoms with van der Waals surface area (Å²) in [4.78, 5) is 0.959. The second kappa shape index (κ2) is 6.34. The van der Waals surface area contributed by atoms with Gasteiger partial charge in [0.15, 0.2) is 0 Å². The summed E-state index contributed by atoms with van der Waals surface area (Å²) in [5, 5.41) is 0. The number of ether oxygens (including phenoxy) is 2. The van der Waals surface area contributed by atoms with Crippen molar-refractivity contribution in [1.82, 2.24) is 0 Å². The van der Waals surface area contributed by atoms with Crippen molar-refractivity contribution < 1.29 is 9.47 Å². The van der Waals surface area contributed by atoms with Crippen molar-refractivity contribution in [2.45, 2.75) is 4.90 Å². The van der Waals surface area contributed by atoms with Crippen molar-refractivity contribution >= 4 is 24.8 Å². The molecule has 2 aromatic rings. The van der Waals surface area contributed by atoms with Gasteiger partial charge in [0.05, 0.1) is 14.2 Å². The Labute approximate surface area is 119 Å². The zero-order chi connectivity index (χ0) is 13.7. The number of methoxy groups -OCH3 is 2. The third kappa shape index (κ3) is 3.80. The lowest BCUT2D eigenvalue weighted by molar-refractivity contribution is 0.394. The Kier molecular flexibility index (Phi) is 4.53. The Morgan fingerprint density at radius 3 is 1.84 bits per heavy atom. The predicted octanol–water partition coefficient (Wildman–Crippen LogP) is 4.16. The summed E-state index contributed by atoms with van der Waals surface area (Å²) in [5.74, 6) is 1.56. The van der Waals surface area contributed by atoms with Crippen LogP contribution in [0.2, 0.25) is 0 Å². The fraction of sp³-hybridized carbons (Fsp3) is 0.125. The quantitative estimate of drug-likeness (QED) is 0.665. The maximum atomic E-state index is 5.24. The summed E-state index contributed by atoms with van der Waals surface area (Å²) < 4.78 is 10.5. The van der Waals surface area contributed by atoms with E-state index in [1.165, 1.54) is 0 Å². The van der Waals surface area contributed by atoms with E-state index in [9.17, 15) is 0 Å². The van der Waals surface area contributed by atoms with E-state index in [2.05, 4.69) is 12.6 Å². The van der Waals surface area contributed by atoms with Crippen LogP contribution >= 0.6 is 12.6 Å². The Bertz CT molecular complexity index is 552. The van der Waals surface area contributed by atoms with E-state index in [1.54, 1.807) is 14.2 Å². The van der Waals surface area contributed by atoms with Gasteiger partial charge in [-0.3, -0.25) is 0 Å². The summed E-state index contributed by atoms with van der Waals surface area (Å²) in [7, 11) is 3.29. The molecule has 0 radical (unpaired) electrons. The van der Waals surface area contributed by atoms with Crippen LogP contribution in [0, 0.1) is 0 Å². The summed E-state index contributed by atoms with van der Waals surface area (Å²) in [6.45, 7) is 0. The minimum atomic E-state index is 0.782. The molecule has 19 heavy (non-hydrogen) atoms. The molecule has 0 saturated carbocycles. The van der Waals surface area contributed by atoms with Crippen molar-refractivity contribution in [3.8, 4) is 11.5 Å². The molecule has 0 unspecified atom stereocenters. The van der Waals surface area contributed by atoms with E-state index in [0.717, 1.165) is 27.5 Å². The van der Waals surface area contributed by atoms with Crippen LogP contribution < -0.4 is 9.47 Å². The van der Waals surface area contributed by atoms with Crippen LogP contribution in [-0.2, 0) is 0 Å². The lowest BCUT2D eigenvalue weighted by atomic mass is 10.1. The molecule has 0 atom stereocenters. The summed E-state index contributed by atoms with van der Waals surface area (Å²) in [5.41, 5.74) is 2.16. The maximum Gasteiger partial charge on any atom is 0.123 e. The Hall–Kier alpha value is -1.87. The van der Waals surface area contributed by atoms with E-state index in [1.807, 2.05) is 54.6 Å². The lowest BCUT2D eigenvalue weighted by Gasteiger charge is -2.05. The van der Waals surface area contributed by atoms with Crippen LogP contribution in [0.3, 0.4) is 0 Å². The second-order valence-electron chi connectivity index (χ2n) is 4.07. The molecular formula is C16H16O2S. The normalized spacial score (nSPS) is 10.7. The average molecular weight is 272 g/mol. The summed E-state index contributed by atoms with van der Waals surface area (Å²) in [6, 6.07) is 13.8. The molecule has 2 rings (SSSR count). The summed E-state index contributed by atoms with van der Waals surface area (Å²) in [6.07, 6.45) is 4.07. The van der Waals surface area contributed by atoms with Gasteiger partial charge in [-0.1, -0.05) is 24.3 Å². The average Bonchev–Trinajstić information content (AvgIpc) is 2.46. The zero-order valence-electron chi connectivity index (χ0n) is 11.0. The minimum absolute atomic E-state index is 0.782. The monoisotopic (exact) mass is 272 g/mol. The van der Waals surface area contributed by atoms with Crippen LogP contribution in [-0.4, -0.2) is 14.2 Å². The fourth-order valence-corrected chi connectivity index (χ4v) is 1.85. The SMILES string of the molecule is COc1cc(C=Cc2ccc(S)cc2)cc(OC)c1. The molecule has 0 heterocycles. The first kappa shape index (κ1) is 13.6. The smallest absolute Gasteiger partial charge is 0.123 e. The molecule has 0 amide bonds. The predicted molar refractivity (Wildman–Crippen MR) is 82.2 cm³/mol. The highest BCUT2D eigenvalue weighted by Gasteiger charge is 1.99. The molecule has 0 aromatic heterocycles. The highest BCUT2D eigenvalue weighted by Crippen LogP contribution is 2.23. The van der Waals surface area contributed by atoms with Gasteiger partial charge in [0.2, 0.25) is 0 Å². The molecule has 2 nitrogen and oxygen atoms in total. The van der Waals surface area contributed by atoms with Gasteiger partial charge < -0.3 is 9.47 Å². The minimum Gasteiger partial charge on any atom is -0.497 e. The summed E-state index contributed by atoms with van der Waals surface area (Å²) >= 11 is 4.26. The molecule has 0 bridgehead atoms. The Morgan fingerprint density at radius 2 is 1.32 bits per heavy atom. The van der Waals surface area contributed by atoms with Crippen molar-refractivity contribution in [2.24, 2.45) is 0 Å². The number of rotatable bonds is 4. The van der Waals surface area contributed by atoms with Gasteiger partial charge in [0.1, 0.15) is 11.5 Å². The third-order valence-corrected chi connectivity index (χ3v) is 3.03. The van der Waals surface area contributed by atoms with Crippen LogP contribution in [0.5, 0.6) is 11.5 Å². The highest BCUT2D eigenvalue weighted by molar-refractivity contribution is 7.80. The van der Waals surface area contributed by atoms with E-state index in [4.69, 9.17) is 9.47 Å². The van der Waals surface area contributed by atoms with E-state index < -0.39 is 0 Å². The molecule has 0 aliphatic rings. The second-order valence-corrected chi connectivity index (χ2v) is 4.59. The fourth-order valence-electron chi connectivity index (χ4n) is 1.70. The van der Waals surface area contributed by atoms with Gasteiger partial charge in [-0.25, -0.2) is 0 Å². The molecule has 2 aromatic carbocycles. The number of hydrogen-bond donors (Lipinski definition) is 1. The van der Waals surface area contributed by atoms with Gasteiger partial charge >= 0.3 is 0 Å². The molecular weight excluding hydrogens is 256 g/mol. The Morgan fingerprint density at radius 1 is 0.789 bits per heavy atom. The van der Waals surface area contributed by atoms with E-state index in [-0.39, 0.29) is 0 Å². The van der Waals surface area contributed by atoms with Crippen LogP contribution in [0.15, 0.2) is 47.4 Å². The maximum absolute atomic E-state index is 5.24. The van der Waals surface area contributed by atoms with Gasteiger partial charge in [0, 0.05) is 11.0 Å². The van der Waals surface area contributed by atoms with Crippen LogP contribution in [0.1, 0.15) is 11.1 Å². The molecule has 0 N–H and O–H groups in total. The molecule has 0 saturated heterocycles. The third-order valence-electron chi connectivity index (χ3n) is 2.74. The van der Waals surface area contributed by atoms with Gasteiger partial charge in [0.25, 0.3) is 0 Å². The first-order valence-corrected chi connectivity index (χ1v) is 6.36. The first-order valence-electron chi connectivity index (χ1n) is 5.91. The van der Waals surface area contributed by atoms with Crippen molar-refractivity contribution in [1.29, 1.82) is 0 Å². The topological polar surface area (TPSA) is 18.5 Å². The van der Waals surface area contributed by atoms with Gasteiger partial charge in [-0.05, 0) is 35.4 Å². The number of hydrogen-bond acceptors (Lipinski definition) is 3. The highest BCUT2D eigenvalue weighted by atomic mass is 32.1. The molecule has 0 fully saturated rings. The first-order chi connectivity index (χ1) is 9.21. The standard InChI is InChI=1S/C16H16O2S/c1-17-14-9-13(10-15(11-14)18-2)4-3-12-5-7-16(19)8-6-12/h3-11,19H,1-2H3. The molecule has 0 aliphatic heterocycles. The van der Waals surface area contributed by atoms with E-state index >= 15 is 0 Å². The van der Waals surface area contributed by atoms with Crippen LogP contribution in [0.25, 0.3) is 12.2 Å². The molecule has 98 valence electrons. The molecule has 0 aliphatic carbocycles. The Balaban J connectivity index is 2.24. The van der Waals surface area contributed by atoms with Crippen molar-refractivity contribution in [2.75, 3.05) is 14.2 Å². The van der Waals surface area contributed by atoms with Gasteiger partial charge in [-0.2, -0.15) is 0 Å². The number of thiol groups is 1. The lowest BCUT2D eigenvalue weighted by Crippen LogP contribution is -1.88. The number of benzene rings is 2. The van der Waals surface area contributed by atoms with Crippen molar-refractivity contribution in [3.63, 3.8) is 0 Å². The van der Waals surface area contributed by atoms with Gasteiger partial charge in [-0.15, -0.1) is 12.6 Å². The largest absolute Gasteiger partial charge is 0.497 e. The van der Waals surface area contributed by atoms with E-state index in [0.29, 0.717) is 0 Å². The zero-order valence-corrected chi connectivity index (χ0v) is 11.9. The molecule has 0 spiro atoms. The molecule has 3 heteroatoms. The van der Waals surface area contributed by atoms with Crippen molar-refractivity contribution in [3.05, 3.63) is 53.6 Å².